The van der Waals surface area contributed by atoms with Gasteiger partial charge in [-0.05, 0) is 24.6 Å². The summed E-state index contributed by atoms with van der Waals surface area (Å²) >= 11 is 0. The van der Waals surface area contributed by atoms with E-state index in [0.29, 0.717) is 5.56 Å². The maximum absolute atomic E-state index is 11.3. The highest BCUT2D eigenvalue weighted by atomic mass is 32.2. The molecule has 0 aliphatic carbocycles. The number of ether oxygens (including phenoxy) is 1. The lowest BCUT2D eigenvalue weighted by molar-refractivity contribution is 0.153. The molecule has 0 fully saturated rings. The van der Waals surface area contributed by atoms with Gasteiger partial charge in [-0.1, -0.05) is 6.07 Å². The van der Waals surface area contributed by atoms with E-state index < -0.39 is 22.2 Å². The molecule has 0 saturated carbocycles. The van der Waals surface area contributed by atoms with Gasteiger partial charge in [-0.25, -0.2) is 13.6 Å². The lowest BCUT2D eigenvalue weighted by Crippen LogP contribution is -2.24. The van der Waals surface area contributed by atoms with Crippen molar-refractivity contribution < 1.29 is 18.3 Å². The highest BCUT2D eigenvalue weighted by Gasteiger charge is 2.19. The minimum Gasteiger partial charge on any atom is -0.495 e. The summed E-state index contributed by atoms with van der Waals surface area (Å²) in [7, 11) is -2.57. The maximum Gasteiger partial charge on any atom is 0.241 e. The average molecular weight is 260 g/mol. The second-order valence-electron chi connectivity index (χ2n) is 3.76. The minimum absolute atomic E-state index is 0.133. The predicted octanol–water partition coefficient (Wildman–Crippen LogP) is -0.277. The third-order valence-electron chi connectivity index (χ3n) is 2.33. The topological polar surface area (TPSA) is 116 Å². The third kappa shape index (κ3) is 3.16. The van der Waals surface area contributed by atoms with Gasteiger partial charge in [-0.15, -0.1) is 0 Å². The van der Waals surface area contributed by atoms with Crippen molar-refractivity contribution in [1.29, 1.82) is 0 Å². The van der Waals surface area contributed by atoms with E-state index in [1.165, 1.54) is 19.2 Å². The van der Waals surface area contributed by atoms with E-state index in [1.807, 2.05) is 0 Å². The van der Waals surface area contributed by atoms with Crippen LogP contribution in [0.15, 0.2) is 23.1 Å². The van der Waals surface area contributed by atoms with Gasteiger partial charge in [0, 0.05) is 6.04 Å². The largest absolute Gasteiger partial charge is 0.495 e. The van der Waals surface area contributed by atoms with Crippen LogP contribution in [0, 0.1) is 0 Å². The number of primary sulfonamides is 1. The fraction of sp³-hybridized carbons (Fsp3) is 0.400. The highest BCUT2D eigenvalue weighted by molar-refractivity contribution is 7.89. The molecule has 0 bridgehead atoms. The SMILES string of the molecule is COc1ccc([C@@H](O)[C@@H](C)N)cc1S(N)(=O)=O. The predicted molar refractivity (Wildman–Crippen MR) is 63.0 cm³/mol. The van der Waals surface area contributed by atoms with Crippen LogP contribution in [-0.2, 0) is 10.0 Å². The fourth-order valence-corrected chi connectivity index (χ4v) is 2.14. The molecule has 0 radical (unpaired) electrons. The van der Waals surface area contributed by atoms with Gasteiger partial charge in [-0.2, -0.15) is 0 Å². The minimum atomic E-state index is -3.90. The number of aliphatic hydroxyl groups excluding tert-OH is 1. The van der Waals surface area contributed by atoms with E-state index in [-0.39, 0.29) is 10.6 Å². The molecular formula is C10H16N2O4S. The summed E-state index contributed by atoms with van der Waals surface area (Å²) < 4.78 is 27.6. The molecule has 0 amide bonds. The highest BCUT2D eigenvalue weighted by Crippen LogP contribution is 2.27. The number of hydrogen-bond donors (Lipinski definition) is 3. The van der Waals surface area contributed by atoms with E-state index in [1.54, 1.807) is 13.0 Å². The first-order valence-corrected chi connectivity index (χ1v) is 6.46. The molecular weight excluding hydrogens is 244 g/mol. The van der Waals surface area contributed by atoms with Crippen LogP contribution in [0.1, 0.15) is 18.6 Å². The molecule has 17 heavy (non-hydrogen) atoms. The monoisotopic (exact) mass is 260 g/mol. The number of methoxy groups -OCH3 is 1. The summed E-state index contributed by atoms with van der Waals surface area (Å²) in [6.07, 6.45) is -0.957. The summed E-state index contributed by atoms with van der Waals surface area (Å²) in [4.78, 5) is -0.169. The lowest BCUT2D eigenvalue weighted by Gasteiger charge is -2.16. The smallest absolute Gasteiger partial charge is 0.241 e. The Bertz CT molecular complexity index is 499. The van der Waals surface area contributed by atoms with Crippen LogP contribution in [0.2, 0.25) is 0 Å². The normalized spacial score (nSPS) is 15.4. The Balaban J connectivity index is 3.33. The molecule has 96 valence electrons. The number of hydrogen-bond acceptors (Lipinski definition) is 5. The van der Waals surface area contributed by atoms with E-state index in [9.17, 15) is 13.5 Å². The molecule has 0 saturated heterocycles. The van der Waals surface area contributed by atoms with Gasteiger partial charge in [0.15, 0.2) is 0 Å². The van der Waals surface area contributed by atoms with Crippen LogP contribution in [0.25, 0.3) is 0 Å². The number of nitrogens with two attached hydrogens (primary N) is 2. The molecule has 1 aromatic carbocycles. The van der Waals surface area contributed by atoms with E-state index in [2.05, 4.69) is 0 Å². The number of sulfonamides is 1. The lowest BCUT2D eigenvalue weighted by atomic mass is 10.0. The van der Waals surface area contributed by atoms with Crippen molar-refractivity contribution in [2.45, 2.75) is 24.0 Å². The number of aliphatic hydroxyl groups is 1. The van der Waals surface area contributed by atoms with E-state index >= 15 is 0 Å². The van der Waals surface area contributed by atoms with Gasteiger partial charge in [-0.3, -0.25) is 0 Å². The molecule has 0 unspecified atom stereocenters. The Morgan fingerprint density at radius 2 is 2.00 bits per heavy atom. The van der Waals surface area contributed by atoms with Crippen molar-refractivity contribution in [2.24, 2.45) is 10.9 Å². The van der Waals surface area contributed by atoms with Crippen molar-refractivity contribution in [3.8, 4) is 5.75 Å². The van der Waals surface area contributed by atoms with Gasteiger partial charge < -0.3 is 15.6 Å². The van der Waals surface area contributed by atoms with Crippen LogP contribution < -0.4 is 15.6 Å². The first-order chi connectivity index (χ1) is 7.77. The summed E-state index contributed by atoms with van der Waals surface area (Å²) in [5, 5.41) is 14.8. The van der Waals surface area contributed by atoms with Gasteiger partial charge >= 0.3 is 0 Å². The maximum atomic E-state index is 11.3. The summed E-state index contributed by atoms with van der Waals surface area (Å²) in [5.41, 5.74) is 5.92. The molecule has 0 aliphatic rings. The average Bonchev–Trinajstić information content (AvgIpc) is 2.25. The molecule has 2 atom stereocenters. The Labute approximate surface area is 100 Å². The molecule has 5 N–H and O–H groups in total. The van der Waals surface area contributed by atoms with Crippen LogP contribution in [0.3, 0.4) is 0 Å². The molecule has 1 rings (SSSR count). The van der Waals surface area contributed by atoms with Gasteiger partial charge in [0.25, 0.3) is 0 Å². The Hall–Kier alpha value is -1.15. The standard InChI is InChI=1S/C10H16N2O4S/c1-6(11)10(13)7-3-4-8(16-2)9(5-7)17(12,14)15/h3-6,10,13H,11H2,1-2H3,(H2,12,14,15)/t6-,10+/m1/s1. The van der Waals surface area contributed by atoms with Gasteiger partial charge in [0.2, 0.25) is 10.0 Å². The van der Waals surface area contributed by atoms with Crippen LogP contribution in [0.4, 0.5) is 0 Å². The Kier molecular flexibility index (Phi) is 4.10. The van der Waals surface area contributed by atoms with Gasteiger partial charge in [0.1, 0.15) is 10.6 Å². The quantitative estimate of drug-likeness (QED) is 0.688. The van der Waals surface area contributed by atoms with Crippen molar-refractivity contribution in [1.82, 2.24) is 0 Å². The van der Waals surface area contributed by atoms with E-state index in [0.717, 1.165) is 0 Å². The number of rotatable bonds is 4. The molecule has 0 aromatic heterocycles. The van der Waals surface area contributed by atoms with Crippen LogP contribution in [-0.4, -0.2) is 26.7 Å². The molecule has 0 spiro atoms. The first-order valence-electron chi connectivity index (χ1n) is 4.91. The summed E-state index contributed by atoms with van der Waals surface area (Å²) in [5.74, 6) is 0.133. The third-order valence-corrected chi connectivity index (χ3v) is 3.27. The van der Waals surface area contributed by atoms with Crippen molar-refractivity contribution in [2.75, 3.05) is 7.11 Å². The Morgan fingerprint density at radius 3 is 2.41 bits per heavy atom. The zero-order valence-corrected chi connectivity index (χ0v) is 10.4. The zero-order valence-electron chi connectivity index (χ0n) is 9.62. The molecule has 6 nitrogen and oxygen atoms in total. The second-order valence-corrected chi connectivity index (χ2v) is 5.29. The Morgan fingerprint density at radius 1 is 1.41 bits per heavy atom. The molecule has 1 aromatic rings. The van der Waals surface area contributed by atoms with E-state index in [4.69, 9.17) is 15.6 Å². The van der Waals surface area contributed by atoms with Crippen molar-refractivity contribution >= 4 is 10.0 Å². The van der Waals surface area contributed by atoms with Crippen molar-refractivity contribution in [3.63, 3.8) is 0 Å². The summed E-state index contributed by atoms with van der Waals surface area (Å²) in [6, 6.07) is 3.72. The number of benzene rings is 1. The second kappa shape index (κ2) is 5.01. The molecule has 0 heterocycles. The zero-order chi connectivity index (χ0) is 13.2. The molecule has 0 aliphatic heterocycles. The van der Waals surface area contributed by atoms with Gasteiger partial charge in [0.05, 0.1) is 13.2 Å². The first kappa shape index (κ1) is 13.9. The van der Waals surface area contributed by atoms with Crippen molar-refractivity contribution in [3.05, 3.63) is 23.8 Å². The summed E-state index contributed by atoms with van der Waals surface area (Å²) in [6.45, 7) is 1.62. The van der Waals surface area contributed by atoms with Crippen LogP contribution in [0.5, 0.6) is 5.75 Å². The molecule has 7 heteroatoms. The fourth-order valence-electron chi connectivity index (χ4n) is 1.40. The van der Waals surface area contributed by atoms with Crippen LogP contribution >= 0.6 is 0 Å².